The zero-order valence-corrected chi connectivity index (χ0v) is 11.5. The molecule has 1 aromatic heterocycles. The van der Waals surface area contributed by atoms with Gasteiger partial charge in [0.05, 0.1) is 4.92 Å². The normalized spacial score (nSPS) is 17.0. The number of nitrogens with zero attached hydrogens (tertiary/aromatic N) is 2. The maximum absolute atomic E-state index is 11.0. The molecule has 3 rings (SSSR count). The summed E-state index contributed by atoms with van der Waals surface area (Å²) in [6.07, 6.45) is 2.56. The molecule has 1 aliphatic rings. The van der Waals surface area contributed by atoms with Gasteiger partial charge < -0.3 is 10.6 Å². The van der Waals surface area contributed by atoms with Crippen LogP contribution in [0.25, 0.3) is 0 Å². The molecule has 0 spiro atoms. The summed E-state index contributed by atoms with van der Waals surface area (Å²) in [6.45, 7) is 1.47. The summed E-state index contributed by atoms with van der Waals surface area (Å²) in [5.41, 5.74) is 2.58. The number of anilines is 1. The zero-order chi connectivity index (χ0) is 14.7. The molecule has 2 N–H and O–H groups in total. The highest BCUT2D eigenvalue weighted by atomic mass is 16.6. The number of hydrogen-bond acceptors (Lipinski definition) is 5. The largest absolute Gasteiger partial charge is 0.362 e. The summed E-state index contributed by atoms with van der Waals surface area (Å²) < 4.78 is 0. The van der Waals surface area contributed by atoms with Gasteiger partial charge in [0.25, 0.3) is 0 Å². The van der Waals surface area contributed by atoms with Crippen molar-refractivity contribution in [3.63, 3.8) is 0 Å². The Morgan fingerprint density at radius 2 is 2.19 bits per heavy atom. The Bertz CT molecular complexity index is 660. The number of hydrogen-bond donors (Lipinski definition) is 2. The van der Waals surface area contributed by atoms with E-state index in [0.29, 0.717) is 12.4 Å². The quantitative estimate of drug-likeness (QED) is 0.665. The van der Waals surface area contributed by atoms with Gasteiger partial charge in [-0.3, -0.25) is 10.1 Å². The van der Waals surface area contributed by atoms with E-state index >= 15 is 0 Å². The van der Waals surface area contributed by atoms with Crippen LogP contribution in [0.1, 0.15) is 17.2 Å². The van der Waals surface area contributed by atoms with Gasteiger partial charge in [-0.05, 0) is 30.2 Å². The second kappa shape index (κ2) is 5.88. The summed E-state index contributed by atoms with van der Waals surface area (Å²) in [7, 11) is 0. The minimum absolute atomic E-state index is 0.00148. The third kappa shape index (κ3) is 2.85. The predicted octanol–water partition coefficient (Wildman–Crippen LogP) is 2.29. The number of benzene rings is 1. The van der Waals surface area contributed by atoms with Crippen LogP contribution in [0.2, 0.25) is 0 Å². The van der Waals surface area contributed by atoms with Gasteiger partial charge in [-0.25, -0.2) is 4.98 Å². The van der Waals surface area contributed by atoms with E-state index in [4.69, 9.17) is 0 Å². The third-order valence-corrected chi connectivity index (χ3v) is 3.67. The van der Waals surface area contributed by atoms with E-state index in [1.165, 1.54) is 17.2 Å². The van der Waals surface area contributed by atoms with E-state index in [2.05, 4.69) is 27.8 Å². The van der Waals surface area contributed by atoms with Crippen molar-refractivity contribution in [2.24, 2.45) is 0 Å². The lowest BCUT2D eigenvalue weighted by atomic mass is 9.94. The van der Waals surface area contributed by atoms with Gasteiger partial charge >= 0.3 is 5.69 Å². The van der Waals surface area contributed by atoms with Gasteiger partial charge in [0, 0.05) is 24.8 Å². The van der Waals surface area contributed by atoms with Crippen LogP contribution >= 0.6 is 0 Å². The Morgan fingerprint density at radius 1 is 1.33 bits per heavy atom. The fourth-order valence-corrected chi connectivity index (χ4v) is 2.65. The van der Waals surface area contributed by atoms with Gasteiger partial charge in [0.1, 0.15) is 0 Å². The minimum atomic E-state index is -0.419. The summed E-state index contributed by atoms with van der Waals surface area (Å²) in [6, 6.07) is 11.4. The van der Waals surface area contributed by atoms with Crippen LogP contribution in [0.5, 0.6) is 0 Å². The number of fused-ring (bicyclic) bond motifs is 1. The summed E-state index contributed by atoms with van der Waals surface area (Å²) in [4.78, 5) is 14.6. The molecule has 1 aromatic carbocycles. The molecule has 0 radical (unpaired) electrons. The molecule has 1 aliphatic heterocycles. The topological polar surface area (TPSA) is 80.1 Å². The molecule has 21 heavy (non-hydrogen) atoms. The Hall–Kier alpha value is -2.47. The summed E-state index contributed by atoms with van der Waals surface area (Å²) >= 11 is 0. The van der Waals surface area contributed by atoms with Gasteiger partial charge in [-0.2, -0.15) is 0 Å². The zero-order valence-electron chi connectivity index (χ0n) is 11.5. The van der Waals surface area contributed by atoms with Crippen LogP contribution in [0.3, 0.4) is 0 Å². The van der Waals surface area contributed by atoms with Crippen molar-refractivity contribution in [2.75, 3.05) is 18.4 Å². The van der Waals surface area contributed by atoms with Crippen molar-refractivity contribution in [3.8, 4) is 0 Å². The van der Waals surface area contributed by atoms with Crippen molar-refractivity contribution >= 4 is 11.5 Å². The van der Waals surface area contributed by atoms with E-state index in [1.54, 1.807) is 12.3 Å². The highest BCUT2D eigenvalue weighted by Gasteiger charge is 2.20. The Kier molecular flexibility index (Phi) is 3.79. The highest BCUT2D eigenvalue weighted by Crippen LogP contribution is 2.25. The molecule has 0 fully saturated rings. The Labute approximate surface area is 122 Å². The maximum Gasteiger partial charge on any atom is 0.311 e. The molecule has 0 aliphatic carbocycles. The van der Waals surface area contributed by atoms with Crippen molar-refractivity contribution in [1.82, 2.24) is 10.3 Å². The first-order valence-corrected chi connectivity index (χ1v) is 6.90. The first-order valence-electron chi connectivity index (χ1n) is 6.90. The number of rotatable bonds is 4. The summed E-state index contributed by atoms with van der Waals surface area (Å²) in [5, 5.41) is 17.5. The number of nitro groups is 1. The first kappa shape index (κ1) is 13.5. The SMILES string of the molecule is O=[N+]([O-])c1cccnc1NCC1NCCc2ccccc21. The molecule has 1 unspecified atom stereocenters. The lowest BCUT2D eigenvalue weighted by molar-refractivity contribution is -0.384. The fourth-order valence-electron chi connectivity index (χ4n) is 2.65. The molecule has 2 aromatic rings. The molecule has 0 saturated heterocycles. The van der Waals surface area contributed by atoms with E-state index in [0.717, 1.165) is 13.0 Å². The number of aromatic nitrogens is 1. The Balaban J connectivity index is 1.76. The third-order valence-electron chi connectivity index (χ3n) is 3.67. The van der Waals surface area contributed by atoms with Crippen LogP contribution in [0, 0.1) is 10.1 Å². The van der Waals surface area contributed by atoms with E-state index in [-0.39, 0.29) is 11.7 Å². The molecular weight excluding hydrogens is 268 g/mol. The Morgan fingerprint density at radius 3 is 3.05 bits per heavy atom. The molecule has 108 valence electrons. The van der Waals surface area contributed by atoms with Crippen LogP contribution < -0.4 is 10.6 Å². The molecule has 0 bridgehead atoms. The second-order valence-electron chi connectivity index (χ2n) is 4.96. The van der Waals surface area contributed by atoms with Crippen molar-refractivity contribution in [3.05, 3.63) is 63.8 Å². The average molecular weight is 284 g/mol. The lowest BCUT2D eigenvalue weighted by Crippen LogP contribution is -2.34. The van der Waals surface area contributed by atoms with E-state index < -0.39 is 4.92 Å². The predicted molar refractivity (Wildman–Crippen MR) is 80.3 cm³/mol. The molecular formula is C15H16N4O2. The standard InChI is InChI=1S/C15H16N4O2/c20-19(21)14-6-3-8-17-15(14)18-10-13-12-5-2-1-4-11(12)7-9-16-13/h1-6,8,13,16H,7,9-10H2,(H,17,18). The average Bonchev–Trinajstić information content (AvgIpc) is 2.53. The maximum atomic E-state index is 11.0. The smallest absolute Gasteiger partial charge is 0.311 e. The minimum Gasteiger partial charge on any atom is -0.362 e. The van der Waals surface area contributed by atoms with Crippen molar-refractivity contribution in [2.45, 2.75) is 12.5 Å². The van der Waals surface area contributed by atoms with Gasteiger partial charge in [0.15, 0.2) is 0 Å². The van der Waals surface area contributed by atoms with Crippen LogP contribution in [0.4, 0.5) is 11.5 Å². The first-order chi connectivity index (χ1) is 10.3. The molecule has 6 nitrogen and oxygen atoms in total. The monoisotopic (exact) mass is 284 g/mol. The molecule has 0 amide bonds. The number of pyridine rings is 1. The van der Waals surface area contributed by atoms with Crippen LogP contribution in [-0.2, 0) is 6.42 Å². The number of nitrogens with one attached hydrogen (secondary N) is 2. The van der Waals surface area contributed by atoms with Gasteiger partial charge in [0.2, 0.25) is 5.82 Å². The lowest BCUT2D eigenvalue weighted by Gasteiger charge is -2.27. The van der Waals surface area contributed by atoms with Crippen molar-refractivity contribution in [1.29, 1.82) is 0 Å². The summed E-state index contributed by atoms with van der Waals surface area (Å²) in [5.74, 6) is 0.312. The molecule has 2 heterocycles. The van der Waals surface area contributed by atoms with E-state index in [1.807, 2.05) is 12.1 Å². The fraction of sp³-hybridized carbons (Fsp3) is 0.267. The van der Waals surface area contributed by atoms with Crippen LogP contribution in [0.15, 0.2) is 42.6 Å². The van der Waals surface area contributed by atoms with Gasteiger partial charge in [-0.15, -0.1) is 0 Å². The second-order valence-corrected chi connectivity index (χ2v) is 4.96. The van der Waals surface area contributed by atoms with Crippen LogP contribution in [-0.4, -0.2) is 23.0 Å². The van der Waals surface area contributed by atoms with Crippen molar-refractivity contribution < 1.29 is 4.92 Å². The van der Waals surface area contributed by atoms with E-state index in [9.17, 15) is 10.1 Å². The molecule has 1 atom stereocenters. The van der Waals surface area contributed by atoms with Gasteiger partial charge in [-0.1, -0.05) is 24.3 Å². The highest BCUT2D eigenvalue weighted by molar-refractivity contribution is 5.55. The molecule has 6 heteroatoms. The molecule has 0 saturated carbocycles.